The largest absolute Gasteiger partial charge is 0.411 e. The van der Waals surface area contributed by atoms with Gasteiger partial charge in [-0.1, -0.05) is 36.3 Å². The van der Waals surface area contributed by atoms with Crippen LogP contribution in [0.4, 0.5) is 0 Å². The molecule has 1 heterocycles. The van der Waals surface area contributed by atoms with E-state index in [-0.39, 0.29) is 33.9 Å². The number of hydrogen-bond donors (Lipinski definition) is 1. The number of nitrogens with zero attached hydrogens (tertiary/aromatic N) is 1. The summed E-state index contributed by atoms with van der Waals surface area (Å²) in [6.07, 6.45) is 9.85. The summed E-state index contributed by atoms with van der Waals surface area (Å²) in [7, 11) is 1.86. The fourth-order valence-corrected chi connectivity index (χ4v) is 8.99. The molecule has 1 aromatic rings. The molecule has 188 valence electrons. The van der Waals surface area contributed by atoms with Gasteiger partial charge in [0, 0.05) is 31.5 Å². The summed E-state index contributed by atoms with van der Waals surface area (Å²) in [5, 5.41) is 12.2. The molecule has 1 saturated heterocycles. The number of benzene rings is 1. The number of carbonyl (C=O) groups excluding carboxylic acids is 1. The van der Waals surface area contributed by atoms with E-state index in [9.17, 15) is 4.79 Å². The van der Waals surface area contributed by atoms with Gasteiger partial charge in [0.05, 0.1) is 18.4 Å². The van der Waals surface area contributed by atoms with Crippen LogP contribution in [-0.2, 0) is 19.0 Å². The SMILES string of the molecule is CCOC[C@]1(OC)CC[C@H]2[C@@H]3CCC4=CC(=O)CC[C@]45O[C@]35[C@@H](c3ccc(/C=N/O)cc3)C[C@@]21C. The van der Waals surface area contributed by atoms with Gasteiger partial charge in [-0.05, 0) is 80.1 Å². The predicted molar refractivity (Wildman–Crippen MR) is 132 cm³/mol. The number of fused-ring (bicyclic) bond motifs is 2. The molecule has 0 amide bonds. The van der Waals surface area contributed by atoms with Crippen LogP contribution in [0, 0.1) is 17.3 Å². The third-order valence-electron chi connectivity index (χ3n) is 10.6. The molecule has 6 nitrogen and oxygen atoms in total. The molecule has 3 saturated carbocycles. The highest BCUT2D eigenvalue weighted by molar-refractivity contribution is 5.92. The normalized spacial score (nSPS) is 43.8. The average Bonchev–Trinajstić information content (AvgIpc) is 3.46. The Labute approximate surface area is 207 Å². The first kappa shape index (κ1) is 23.4. The van der Waals surface area contributed by atoms with E-state index in [1.54, 1.807) is 0 Å². The Morgan fingerprint density at radius 1 is 1.17 bits per heavy atom. The molecule has 35 heavy (non-hydrogen) atoms. The highest BCUT2D eigenvalue weighted by Gasteiger charge is 2.84. The van der Waals surface area contributed by atoms with Gasteiger partial charge in [-0.25, -0.2) is 0 Å². The molecule has 6 rings (SSSR count). The second-order valence-electron chi connectivity index (χ2n) is 11.6. The van der Waals surface area contributed by atoms with E-state index in [1.807, 2.05) is 25.3 Å². The third kappa shape index (κ3) is 2.93. The molecule has 6 heteroatoms. The molecule has 0 bridgehead atoms. The molecule has 1 aliphatic heterocycles. The lowest BCUT2D eigenvalue weighted by molar-refractivity contribution is -0.169. The fraction of sp³-hybridized carbons (Fsp3) is 0.655. The van der Waals surface area contributed by atoms with Crippen molar-refractivity contribution in [3.8, 4) is 0 Å². The summed E-state index contributed by atoms with van der Waals surface area (Å²) in [6, 6.07) is 8.38. The summed E-state index contributed by atoms with van der Waals surface area (Å²) in [5.74, 6) is 1.36. The van der Waals surface area contributed by atoms with Crippen molar-refractivity contribution >= 4 is 12.0 Å². The standard InChI is InChI=1S/C29H37NO5/c1-4-34-18-27(33-3)13-12-23-24-10-9-21-15-22(31)11-14-28(21)29(24,35-28)25(16-26(23,27)2)20-7-5-19(6-8-20)17-30-32/h5-8,15,17,23-25,32H,4,9-14,16,18H2,1-3H3/b30-17+/t23-,24-,25+,26-,27+,28-,29-/m0/s1. The van der Waals surface area contributed by atoms with Crippen molar-refractivity contribution in [3.05, 3.63) is 47.0 Å². The molecule has 1 N–H and O–H groups in total. The second kappa shape index (κ2) is 7.99. The third-order valence-corrected chi connectivity index (χ3v) is 10.6. The van der Waals surface area contributed by atoms with Crippen LogP contribution in [0.25, 0.3) is 0 Å². The second-order valence-corrected chi connectivity index (χ2v) is 11.6. The van der Waals surface area contributed by atoms with E-state index >= 15 is 0 Å². The Balaban J connectivity index is 1.47. The lowest BCUT2D eigenvalue weighted by atomic mass is 9.46. The Morgan fingerprint density at radius 3 is 2.69 bits per heavy atom. The van der Waals surface area contributed by atoms with Crippen molar-refractivity contribution in [1.82, 2.24) is 0 Å². The zero-order chi connectivity index (χ0) is 24.5. The fourth-order valence-electron chi connectivity index (χ4n) is 8.99. The number of epoxide rings is 1. The quantitative estimate of drug-likeness (QED) is 0.268. The highest BCUT2D eigenvalue weighted by Crippen LogP contribution is 2.79. The first-order valence-corrected chi connectivity index (χ1v) is 13.2. The minimum absolute atomic E-state index is 0.0401. The molecule has 2 spiro atoms. The van der Waals surface area contributed by atoms with Crippen molar-refractivity contribution < 1.29 is 24.2 Å². The van der Waals surface area contributed by atoms with Crippen LogP contribution in [0.1, 0.15) is 75.8 Å². The molecule has 0 radical (unpaired) electrons. The highest BCUT2D eigenvalue weighted by atomic mass is 16.6. The maximum atomic E-state index is 12.3. The minimum Gasteiger partial charge on any atom is -0.411 e. The van der Waals surface area contributed by atoms with Gasteiger partial charge in [-0.2, -0.15) is 0 Å². The summed E-state index contributed by atoms with van der Waals surface area (Å²) < 4.78 is 19.5. The predicted octanol–water partition coefficient (Wildman–Crippen LogP) is 5.03. The number of hydrogen-bond acceptors (Lipinski definition) is 6. The van der Waals surface area contributed by atoms with Crippen LogP contribution < -0.4 is 0 Å². The summed E-state index contributed by atoms with van der Waals surface area (Å²) in [4.78, 5) is 12.3. The Morgan fingerprint density at radius 2 is 1.97 bits per heavy atom. The average molecular weight is 480 g/mol. The van der Waals surface area contributed by atoms with Gasteiger partial charge in [0.15, 0.2) is 5.78 Å². The summed E-state index contributed by atoms with van der Waals surface area (Å²) in [6.45, 7) is 5.79. The smallest absolute Gasteiger partial charge is 0.155 e. The molecule has 0 aromatic heterocycles. The number of carbonyl (C=O) groups is 1. The van der Waals surface area contributed by atoms with Crippen molar-refractivity contribution in [2.45, 2.75) is 81.5 Å². The topological polar surface area (TPSA) is 80.7 Å². The van der Waals surface area contributed by atoms with E-state index in [0.717, 1.165) is 44.1 Å². The van der Waals surface area contributed by atoms with Crippen LogP contribution >= 0.6 is 0 Å². The number of ether oxygens (including phenoxy) is 3. The van der Waals surface area contributed by atoms with Crippen molar-refractivity contribution in [2.24, 2.45) is 22.4 Å². The molecule has 0 unspecified atom stereocenters. The van der Waals surface area contributed by atoms with Gasteiger partial charge in [-0.3, -0.25) is 4.79 Å². The van der Waals surface area contributed by atoms with Crippen molar-refractivity contribution in [3.63, 3.8) is 0 Å². The number of ketones is 1. The van der Waals surface area contributed by atoms with Crippen molar-refractivity contribution in [2.75, 3.05) is 20.3 Å². The lowest BCUT2D eigenvalue weighted by Gasteiger charge is -2.57. The molecule has 4 fully saturated rings. The first-order valence-electron chi connectivity index (χ1n) is 13.2. The van der Waals surface area contributed by atoms with Gasteiger partial charge in [0.2, 0.25) is 0 Å². The molecular weight excluding hydrogens is 442 g/mol. The number of rotatable bonds is 6. The van der Waals surface area contributed by atoms with Gasteiger partial charge in [0.25, 0.3) is 0 Å². The van der Waals surface area contributed by atoms with Crippen LogP contribution in [0.3, 0.4) is 0 Å². The monoisotopic (exact) mass is 479 g/mol. The Hall–Kier alpha value is -2.02. The zero-order valence-electron chi connectivity index (χ0n) is 21.1. The van der Waals surface area contributed by atoms with Crippen LogP contribution in [0.2, 0.25) is 0 Å². The van der Waals surface area contributed by atoms with Gasteiger partial charge < -0.3 is 19.4 Å². The van der Waals surface area contributed by atoms with Crippen LogP contribution in [-0.4, -0.2) is 54.3 Å². The Bertz CT molecular complexity index is 1080. The van der Waals surface area contributed by atoms with Gasteiger partial charge in [-0.15, -0.1) is 0 Å². The minimum atomic E-state index is -0.308. The van der Waals surface area contributed by atoms with E-state index in [4.69, 9.17) is 19.4 Å². The van der Waals surface area contributed by atoms with E-state index in [0.29, 0.717) is 31.5 Å². The van der Waals surface area contributed by atoms with Gasteiger partial charge >= 0.3 is 0 Å². The van der Waals surface area contributed by atoms with Crippen molar-refractivity contribution in [1.29, 1.82) is 0 Å². The zero-order valence-corrected chi connectivity index (χ0v) is 21.1. The molecule has 4 aliphatic carbocycles. The van der Waals surface area contributed by atoms with E-state index < -0.39 is 0 Å². The summed E-state index contributed by atoms with van der Waals surface area (Å²) >= 11 is 0. The number of methoxy groups -OCH3 is 1. The maximum absolute atomic E-state index is 12.3. The molecule has 1 aromatic carbocycles. The van der Waals surface area contributed by atoms with E-state index in [2.05, 4.69) is 31.1 Å². The van der Waals surface area contributed by atoms with E-state index in [1.165, 1.54) is 17.4 Å². The molecule has 5 aliphatic rings. The summed E-state index contributed by atoms with van der Waals surface area (Å²) in [5.41, 5.74) is 2.45. The first-order chi connectivity index (χ1) is 16.9. The lowest BCUT2D eigenvalue weighted by Crippen LogP contribution is -2.60. The van der Waals surface area contributed by atoms with Crippen LogP contribution in [0.5, 0.6) is 0 Å². The Kier molecular flexibility index (Phi) is 5.34. The maximum Gasteiger partial charge on any atom is 0.155 e. The van der Waals surface area contributed by atoms with Gasteiger partial charge in [0.1, 0.15) is 11.2 Å². The molecular formula is C29H37NO5. The molecule has 7 atom stereocenters. The number of oxime groups is 1. The van der Waals surface area contributed by atoms with Crippen LogP contribution in [0.15, 0.2) is 41.1 Å².